The number of aromatic hydroxyl groups is 1. The number of aryl methyl sites for hydroxylation is 3. The van der Waals surface area contributed by atoms with E-state index in [2.05, 4.69) is 54.5 Å². The maximum atomic E-state index is 14.9. The summed E-state index contributed by atoms with van der Waals surface area (Å²) in [7, 11) is 0. The number of halogens is 6. The van der Waals surface area contributed by atoms with Gasteiger partial charge in [0.05, 0.1) is 53.3 Å². The highest BCUT2D eigenvalue weighted by Gasteiger charge is 2.33. The van der Waals surface area contributed by atoms with Gasteiger partial charge >= 0.3 is 0 Å². The number of fused-ring (bicyclic) bond motifs is 4. The summed E-state index contributed by atoms with van der Waals surface area (Å²) in [6, 6.07) is 18.6. The predicted molar refractivity (Wildman–Crippen MR) is 384 cm³/mol. The molecule has 510 valence electrons. The summed E-state index contributed by atoms with van der Waals surface area (Å²) in [5, 5.41) is 13.6. The van der Waals surface area contributed by atoms with E-state index < -0.39 is 22.8 Å². The average molecular weight is 1420 g/mol. The SMILES string of the molecule is C=CC(=O)N1CCN(c2ncnc3c(=O)n(-c4c(N)c(Cl)cc(Cl)c4F)c(C)cc23)C(C)C1.C=CC(=O)N1CCN(c2ncnc3c(=O)n(-c4c(N)c(Cl)cc(Cl)c4F)c(C)cc23)C(C)C1.C=CC(=O)N1CCN(c2ncnc3c(=O)n(-c4c(O)ccc5ccccc45)c(C)cc23)CC1. The number of rotatable bonds is 9. The Morgan fingerprint density at radius 2 is 0.869 bits per heavy atom. The fraction of sp³-hybridized carbons (Fsp3) is 0.246. The van der Waals surface area contributed by atoms with E-state index in [-0.39, 0.29) is 101 Å². The molecular weight excluding hydrogens is 1360 g/mol. The largest absolute Gasteiger partial charge is 0.506 e. The van der Waals surface area contributed by atoms with E-state index in [0.717, 1.165) is 19.9 Å². The number of phenols is 1. The molecule has 2 atom stereocenters. The van der Waals surface area contributed by atoms with Gasteiger partial charge in [-0.1, -0.05) is 96.5 Å². The number of nitrogens with zero attached hydrogens (tertiary/aromatic N) is 15. The Bertz CT molecular complexity index is 4940. The molecule has 10 aromatic rings. The van der Waals surface area contributed by atoms with E-state index in [9.17, 15) is 42.7 Å². The van der Waals surface area contributed by atoms with Crippen LogP contribution >= 0.6 is 46.4 Å². The monoisotopic (exact) mass is 1420 g/mol. The molecule has 3 saturated heterocycles. The highest BCUT2D eigenvalue weighted by Crippen LogP contribution is 2.38. The molecule has 3 aliphatic heterocycles. The van der Waals surface area contributed by atoms with Crippen LogP contribution in [0.2, 0.25) is 20.1 Å². The van der Waals surface area contributed by atoms with Crippen LogP contribution in [0.1, 0.15) is 30.9 Å². The summed E-state index contributed by atoms with van der Waals surface area (Å²) in [6.45, 7) is 25.0. The Kier molecular flexibility index (Phi) is 20.1. The molecule has 9 heterocycles. The number of hydrogen-bond acceptors (Lipinski definition) is 18. The zero-order chi connectivity index (χ0) is 71.2. The quantitative estimate of drug-likeness (QED) is 0.0688. The van der Waals surface area contributed by atoms with E-state index in [1.165, 1.54) is 53.9 Å². The number of carbonyl (C=O) groups excluding carboxylic acids is 3. The van der Waals surface area contributed by atoms with E-state index in [4.69, 9.17) is 57.9 Å². The van der Waals surface area contributed by atoms with Crippen LogP contribution < -0.4 is 42.8 Å². The lowest BCUT2D eigenvalue weighted by Gasteiger charge is -2.40. The summed E-state index contributed by atoms with van der Waals surface area (Å²) in [5.41, 5.74) is 12.3. The lowest BCUT2D eigenvalue weighted by molar-refractivity contribution is -0.127. The van der Waals surface area contributed by atoms with Gasteiger partial charge < -0.3 is 46.0 Å². The average Bonchev–Trinajstić information content (AvgIpc) is 0.757. The summed E-state index contributed by atoms with van der Waals surface area (Å²) < 4.78 is 33.6. The van der Waals surface area contributed by atoms with Gasteiger partial charge in [-0.3, -0.25) is 42.5 Å². The maximum absolute atomic E-state index is 14.9. The van der Waals surface area contributed by atoms with Gasteiger partial charge in [0.2, 0.25) is 17.7 Å². The molecule has 3 fully saturated rings. The van der Waals surface area contributed by atoms with Gasteiger partial charge in [-0.25, -0.2) is 38.7 Å². The topological polar surface area (TPSA) is 286 Å². The molecule has 4 aromatic carbocycles. The van der Waals surface area contributed by atoms with Crippen molar-refractivity contribution in [2.24, 2.45) is 0 Å². The van der Waals surface area contributed by atoms with Crippen LogP contribution in [0.4, 0.5) is 37.6 Å². The third-order valence-corrected chi connectivity index (χ3v) is 18.9. The molecule has 0 saturated carbocycles. The van der Waals surface area contributed by atoms with Crippen LogP contribution in [0.25, 0.3) is 60.5 Å². The standard InChI is InChI=1S/C25H23N5O3.2C22H21Cl2FN6O2/c1-3-21(32)28-10-12-29(13-11-28)24-19-14-16(2)30(25(33)22(19)26-15-27-24)23-18-7-5-4-6-17(18)8-9-20(23)31;2*1-4-16(32)29-5-6-30(12(3)9-29)21-13-7-11(2)31(22(33)19(13)27-10-28-21)20-17(25)14(23)8-15(24)18(20)26/h3-9,14-15,31H,1,10-13H2,2H3;2*4,7-8,10,12H,1,5-6,9,26H2,2-3H3. The summed E-state index contributed by atoms with van der Waals surface area (Å²) >= 11 is 24.1. The van der Waals surface area contributed by atoms with Crippen molar-refractivity contribution in [3.8, 4) is 22.8 Å². The van der Waals surface area contributed by atoms with Gasteiger partial charge in [0.1, 0.15) is 70.1 Å². The Hall–Kier alpha value is -10.5. The first-order chi connectivity index (χ1) is 47.3. The fourth-order valence-corrected chi connectivity index (χ4v) is 13.7. The van der Waals surface area contributed by atoms with Crippen molar-refractivity contribution in [3.05, 3.63) is 204 Å². The normalized spacial score (nSPS) is 15.6. The second-order valence-electron chi connectivity index (χ2n) is 23.7. The lowest BCUT2D eigenvalue weighted by Crippen LogP contribution is -2.53. The number of benzene rings is 4. The minimum Gasteiger partial charge on any atom is -0.506 e. The molecule has 2 unspecified atom stereocenters. The minimum absolute atomic E-state index is 0.0236. The highest BCUT2D eigenvalue weighted by atomic mass is 35.5. The zero-order valence-corrected chi connectivity index (χ0v) is 57.2. The number of phenolic OH excluding ortho intramolecular Hbond substituents is 1. The van der Waals surface area contributed by atoms with Crippen LogP contribution in [0.15, 0.2) is 138 Å². The predicted octanol–water partition coefficient (Wildman–Crippen LogP) is 9.46. The van der Waals surface area contributed by atoms with Crippen molar-refractivity contribution >= 4 is 136 Å². The number of amides is 3. The van der Waals surface area contributed by atoms with Crippen LogP contribution in [-0.2, 0) is 14.4 Å². The molecule has 0 bridgehead atoms. The van der Waals surface area contributed by atoms with E-state index in [1.807, 2.05) is 67.0 Å². The van der Waals surface area contributed by atoms with Gasteiger partial charge in [-0.2, -0.15) is 0 Å². The Morgan fingerprint density at radius 3 is 1.28 bits per heavy atom. The van der Waals surface area contributed by atoms with E-state index >= 15 is 0 Å². The van der Waals surface area contributed by atoms with E-state index in [0.29, 0.717) is 122 Å². The summed E-state index contributed by atoms with van der Waals surface area (Å²) in [4.78, 5) is 114. The number of carbonyl (C=O) groups is 3. The highest BCUT2D eigenvalue weighted by molar-refractivity contribution is 6.37. The van der Waals surface area contributed by atoms with Crippen molar-refractivity contribution in [1.82, 2.24) is 58.3 Å². The molecule has 3 aliphatic rings. The third-order valence-electron chi connectivity index (χ3n) is 17.7. The molecule has 0 spiro atoms. The lowest BCUT2D eigenvalue weighted by atomic mass is 10.1. The summed E-state index contributed by atoms with van der Waals surface area (Å²) in [5.74, 6) is -0.249. The van der Waals surface area contributed by atoms with Crippen LogP contribution in [-0.4, -0.2) is 159 Å². The second-order valence-corrected chi connectivity index (χ2v) is 25.4. The number of aromatic nitrogens is 9. The van der Waals surface area contributed by atoms with Gasteiger partial charge in [0, 0.05) is 100.0 Å². The first kappa shape index (κ1) is 69.8. The number of pyridine rings is 3. The number of nitrogens with two attached hydrogens (primary N) is 2. The number of anilines is 5. The van der Waals surface area contributed by atoms with Crippen molar-refractivity contribution in [2.45, 2.75) is 46.7 Å². The van der Waals surface area contributed by atoms with Crippen LogP contribution in [0.3, 0.4) is 0 Å². The molecule has 3 amide bonds. The molecule has 5 N–H and O–H groups in total. The van der Waals surface area contributed by atoms with Crippen LogP contribution in [0, 0.1) is 32.4 Å². The first-order valence-corrected chi connectivity index (χ1v) is 32.5. The number of piperazine rings is 3. The number of hydrogen-bond donors (Lipinski definition) is 3. The van der Waals surface area contributed by atoms with E-state index in [1.54, 1.807) is 46.7 Å². The van der Waals surface area contributed by atoms with Crippen molar-refractivity contribution in [3.63, 3.8) is 0 Å². The van der Waals surface area contributed by atoms with Gasteiger partial charge in [-0.15, -0.1) is 0 Å². The molecule has 24 nitrogen and oxygen atoms in total. The summed E-state index contributed by atoms with van der Waals surface area (Å²) in [6.07, 6.45) is 7.88. The molecule has 13 rings (SSSR count). The molecular formula is C69H65Cl4F2N17O7. The molecule has 99 heavy (non-hydrogen) atoms. The molecule has 6 aromatic heterocycles. The molecule has 0 aliphatic carbocycles. The van der Waals surface area contributed by atoms with Crippen molar-refractivity contribution in [1.29, 1.82) is 0 Å². The number of nitrogen functional groups attached to an aromatic ring is 2. The first-order valence-electron chi connectivity index (χ1n) is 31.0. The maximum Gasteiger partial charge on any atom is 0.282 e. The molecule has 0 radical (unpaired) electrons. The second kappa shape index (κ2) is 28.5. The Labute approximate surface area is 584 Å². The fourth-order valence-electron chi connectivity index (χ4n) is 12.8. The minimum atomic E-state index is -0.853. The van der Waals surface area contributed by atoms with Crippen LogP contribution in [0.5, 0.6) is 5.75 Å². The molecule has 30 heteroatoms. The zero-order valence-electron chi connectivity index (χ0n) is 54.2. The Morgan fingerprint density at radius 1 is 0.495 bits per heavy atom. The van der Waals surface area contributed by atoms with Gasteiger partial charge in [0.15, 0.2) is 11.6 Å². The van der Waals surface area contributed by atoms with Gasteiger partial charge in [-0.05, 0) is 94.6 Å². The third kappa shape index (κ3) is 13.0. The van der Waals surface area contributed by atoms with Crippen molar-refractivity contribution < 1.29 is 28.3 Å². The smallest absolute Gasteiger partial charge is 0.282 e. The Balaban J connectivity index is 0.000000150. The van der Waals surface area contributed by atoms with Crippen molar-refractivity contribution in [2.75, 3.05) is 91.6 Å². The van der Waals surface area contributed by atoms with Gasteiger partial charge in [0.25, 0.3) is 16.7 Å².